The van der Waals surface area contributed by atoms with E-state index in [2.05, 4.69) is 34.0 Å². The van der Waals surface area contributed by atoms with Crippen LogP contribution in [0.2, 0.25) is 0 Å². The molecule has 0 unspecified atom stereocenters. The highest BCUT2D eigenvalue weighted by molar-refractivity contribution is 14.0. The van der Waals surface area contributed by atoms with Crippen LogP contribution < -0.4 is 10.6 Å². The van der Waals surface area contributed by atoms with E-state index in [9.17, 15) is 4.79 Å². The topological polar surface area (TPSA) is 66.0 Å². The summed E-state index contributed by atoms with van der Waals surface area (Å²) in [7, 11) is 2.03. The third-order valence-corrected chi connectivity index (χ3v) is 2.86. The van der Waals surface area contributed by atoms with Gasteiger partial charge in [0.05, 0.1) is 0 Å². The Labute approximate surface area is 164 Å². The largest absolute Gasteiger partial charge is 0.444 e. The van der Waals surface area contributed by atoms with Gasteiger partial charge < -0.3 is 20.3 Å². The van der Waals surface area contributed by atoms with E-state index in [4.69, 9.17) is 4.74 Å². The normalized spacial score (nSPS) is 11.3. The fraction of sp³-hybridized carbons (Fsp3) is 0.765. The van der Waals surface area contributed by atoms with Crippen LogP contribution in [-0.2, 0) is 4.74 Å². The fourth-order valence-electron chi connectivity index (χ4n) is 1.82. The summed E-state index contributed by atoms with van der Waals surface area (Å²) in [5, 5.41) is 6.02. The van der Waals surface area contributed by atoms with Crippen LogP contribution in [0.3, 0.4) is 0 Å². The summed E-state index contributed by atoms with van der Waals surface area (Å²) in [5.74, 6) is 0.897. The second-order valence-corrected chi connectivity index (χ2v) is 6.37. The van der Waals surface area contributed by atoms with Crippen LogP contribution in [0.1, 0.15) is 47.0 Å². The number of hydrogen-bond donors (Lipinski definition) is 2. The summed E-state index contributed by atoms with van der Waals surface area (Å²) in [6.07, 6.45) is 4.39. The van der Waals surface area contributed by atoms with Gasteiger partial charge in [-0.25, -0.2) is 4.79 Å². The van der Waals surface area contributed by atoms with Gasteiger partial charge in [-0.2, -0.15) is 0 Å². The number of nitrogens with zero attached hydrogens (tertiary/aromatic N) is 2. The smallest absolute Gasteiger partial charge is 0.407 e. The van der Waals surface area contributed by atoms with Crippen molar-refractivity contribution in [1.29, 1.82) is 0 Å². The zero-order chi connectivity index (χ0) is 17.7. The highest BCUT2D eigenvalue weighted by Crippen LogP contribution is 2.06. The molecule has 2 N–H and O–H groups in total. The molecule has 0 rings (SSSR count). The molecule has 7 heteroatoms. The molecule has 0 heterocycles. The van der Waals surface area contributed by atoms with Gasteiger partial charge in [0.1, 0.15) is 5.60 Å². The summed E-state index contributed by atoms with van der Waals surface area (Å²) in [6, 6.07) is 0. The number of hydrogen-bond acceptors (Lipinski definition) is 3. The molecule has 0 saturated carbocycles. The van der Waals surface area contributed by atoms with E-state index in [1.54, 1.807) is 0 Å². The highest BCUT2D eigenvalue weighted by atomic mass is 127. The molecule has 24 heavy (non-hydrogen) atoms. The standard InChI is InChI=1S/C17H34N4O2.HI/c1-7-9-10-14-21(6)15(18-8-2)19-12-11-13-20-16(22)23-17(3,4)5;/h7H,1,8-14H2,2-6H3,(H,18,19)(H,20,22);1H. The van der Waals surface area contributed by atoms with Gasteiger partial charge in [-0.15, -0.1) is 30.6 Å². The molecule has 0 aromatic heterocycles. The molecule has 0 aliphatic carbocycles. The van der Waals surface area contributed by atoms with Gasteiger partial charge in [-0.3, -0.25) is 4.99 Å². The first kappa shape index (κ1) is 25.3. The number of guanidine groups is 1. The van der Waals surface area contributed by atoms with Crippen LogP contribution in [0.15, 0.2) is 17.6 Å². The molecule has 1 amide bonds. The Hall–Kier alpha value is -0.990. The molecule has 0 aromatic rings. The van der Waals surface area contributed by atoms with E-state index < -0.39 is 5.60 Å². The number of carbonyl (C=O) groups excluding carboxylic acids is 1. The van der Waals surface area contributed by atoms with E-state index in [0.29, 0.717) is 13.1 Å². The number of carbonyl (C=O) groups is 1. The van der Waals surface area contributed by atoms with Crippen molar-refractivity contribution in [2.75, 3.05) is 33.2 Å². The zero-order valence-corrected chi connectivity index (χ0v) is 18.2. The Balaban J connectivity index is 0. The summed E-state index contributed by atoms with van der Waals surface area (Å²) < 4.78 is 5.18. The Kier molecular flexibility index (Phi) is 15.1. The monoisotopic (exact) mass is 454 g/mol. The number of allylic oxidation sites excluding steroid dienone is 1. The lowest BCUT2D eigenvalue weighted by molar-refractivity contribution is 0.0527. The van der Waals surface area contributed by atoms with Gasteiger partial charge in [-0.05, 0) is 47.0 Å². The van der Waals surface area contributed by atoms with Gasteiger partial charge in [0.2, 0.25) is 0 Å². The first-order chi connectivity index (χ1) is 10.8. The van der Waals surface area contributed by atoms with Crippen molar-refractivity contribution in [3.05, 3.63) is 12.7 Å². The quantitative estimate of drug-likeness (QED) is 0.184. The fourth-order valence-corrected chi connectivity index (χ4v) is 1.82. The number of amides is 1. The van der Waals surface area contributed by atoms with Crippen molar-refractivity contribution in [3.8, 4) is 0 Å². The number of unbranched alkanes of at least 4 members (excludes halogenated alkanes) is 1. The van der Waals surface area contributed by atoms with E-state index in [-0.39, 0.29) is 30.1 Å². The van der Waals surface area contributed by atoms with Gasteiger partial charge in [0, 0.05) is 33.2 Å². The highest BCUT2D eigenvalue weighted by Gasteiger charge is 2.15. The van der Waals surface area contributed by atoms with Crippen molar-refractivity contribution < 1.29 is 9.53 Å². The number of rotatable bonds is 9. The van der Waals surface area contributed by atoms with Gasteiger partial charge in [-0.1, -0.05) is 6.08 Å². The second kappa shape index (κ2) is 14.4. The van der Waals surface area contributed by atoms with Crippen LogP contribution >= 0.6 is 24.0 Å². The van der Waals surface area contributed by atoms with Crippen molar-refractivity contribution in [2.24, 2.45) is 4.99 Å². The van der Waals surface area contributed by atoms with Crippen LogP contribution in [0.25, 0.3) is 0 Å². The lowest BCUT2D eigenvalue weighted by Crippen LogP contribution is -2.39. The summed E-state index contributed by atoms with van der Waals surface area (Å²) in [4.78, 5) is 18.2. The zero-order valence-electron chi connectivity index (χ0n) is 15.9. The molecule has 0 aliphatic heterocycles. The maximum Gasteiger partial charge on any atom is 0.407 e. The summed E-state index contributed by atoms with van der Waals surface area (Å²) in [5.41, 5.74) is -0.464. The van der Waals surface area contributed by atoms with Crippen LogP contribution in [0.4, 0.5) is 4.79 Å². The SMILES string of the molecule is C=CCCCN(C)C(=NCCCNC(=O)OC(C)(C)C)NCC.I. The molecular formula is C17H35IN4O2. The Morgan fingerprint density at radius 2 is 1.96 bits per heavy atom. The molecule has 0 spiro atoms. The van der Waals surface area contributed by atoms with Crippen LogP contribution in [0.5, 0.6) is 0 Å². The minimum absolute atomic E-state index is 0. The molecule has 6 nitrogen and oxygen atoms in total. The van der Waals surface area contributed by atoms with Crippen LogP contribution in [-0.4, -0.2) is 55.8 Å². The van der Waals surface area contributed by atoms with Crippen molar-refractivity contribution in [1.82, 2.24) is 15.5 Å². The minimum Gasteiger partial charge on any atom is -0.444 e. The molecule has 0 fully saturated rings. The average molecular weight is 454 g/mol. The lowest BCUT2D eigenvalue weighted by atomic mass is 10.2. The molecule has 142 valence electrons. The number of nitrogens with one attached hydrogen (secondary N) is 2. The minimum atomic E-state index is -0.464. The Morgan fingerprint density at radius 3 is 2.50 bits per heavy atom. The maximum atomic E-state index is 11.5. The number of aliphatic imine (C=N–C) groups is 1. The summed E-state index contributed by atoms with van der Waals surface area (Å²) in [6.45, 7) is 14.3. The van der Waals surface area contributed by atoms with E-state index in [1.807, 2.05) is 33.9 Å². The van der Waals surface area contributed by atoms with Gasteiger partial charge in [0.15, 0.2) is 5.96 Å². The van der Waals surface area contributed by atoms with Crippen molar-refractivity contribution >= 4 is 36.0 Å². The molecule has 0 aromatic carbocycles. The molecule has 0 bridgehead atoms. The van der Waals surface area contributed by atoms with Gasteiger partial charge in [0.25, 0.3) is 0 Å². The number of alkyl carbamates (subject to hydrolysis) is 1. The second-order valence-electron chi connectivity index (χ2n) is 6.37. The first-order valence-corrected chi connectivity index (χ1v) is 8.37. The molecule has 0 atom stereocenters. The number of ether oxygens (including phenoxy) is 1. The van der Waals surface area contributed by atoms with Gasteiger partial charge >= 0.3 is 6.09 Å². The third-order valence-electron chi connectivity index (χ3n) is 2.86. The first-order valence-electron chi connectivity index (χ1n) is 8.37. The van der Waals surface area contributed by atoms with E-state index >= 15 is 0 Å². The van der Waals surface area contributed by atoms with Crippen LogP contribution in [0, 0.1) is 0 Å². The van der Waals surface area contributed by atoms with E-state index in [0.717, 1.165) is 38.3 Å². The predicted octanol–water partition coefficient (Wildman–Crippen LogP) is 3.38. The predicted molar refractivity (Wildman–Crippen MR) is 112 cm³/mol. The number of halogens is 1. The van der Waals surface area contributed by atoms with E-state index in [1.165, 1.54) is 0 Å². The summed E-state index contributed by atoms with van der Waals surface area (Å²) >= 11 is 0. The molecule has 0 radical (unpaired) electrons. The molecule has 0 saturated heterocycles. The third kappa shape index (κ3) is 14.6. The average Bonchev–Trinajstić information content (AvgIpc) is 2.44. The Bertz CT molecular complexity index is 381. The Morgan fingerprint density at radius 1 is 1.29 bits per heavy atom. The molecular weight excluding hydrogens is 419 g/mol. The maximum absolute atomic E-state index is 11.5. The molecule has 0 aliphatic rings. The van der Waals surface area contributed by atoms with Crippen molar-refractivity contribution in [2.45, 2.75) is 52.6 Å². The lowest BCUT2D eigenvalue weighted by Gasteiger charge is -2.22. The van der Waals surface area contributed by atoms with Crippen molar-refractivity contribution in [3.63, 3.8) is 0 Å².